The van der Waals surface area contributed by atoms with Crippen LogP contribution in [0, 0.1) is 13.8 Å². The highest BCUT2D eigenvalue weighted by Crippen LogP contribution is 2.19. The van der Waals surface area contributed by atoms with E-state index in [2.05, 4.69) is 20.6 Å². The maximum atomic E-state index is 12.5. The van der Waals surface area contributed by atoms with Crippen LogP contribution in [-0.4, -0.2) is 25.9 Å². The standard InChI is InChI=1S/C20H19N5O2/c1-13-9-14(2)25(24-13)12-15-5-3-6-16(10-15)21-20(26)18-11-17(22-23-18)19-7-4-8-27-19/h3-11H,12H2,1-2H3,(H,21,26)(H,22,23). The summed E-state index contributed by atoms with van der Waals surface area (Å²) >= 11 is 0. The van der Waals surface area contributed by atoms with Crippen molar-refractivity contribution >= 4 is 11.6 Å². The highest BCUT2D eigenvalue weighted by atomic mass is 16.3. The number of carbonyl (C=O) groups excluding carboxylic acids is 1. The predicted octanol–water partition coefficient (Wildman–Crippen LogP) is 3.78. The minimum atomic E-state index is -0.285. The van der Waals surface area contributed by atoms with Crippen LogP contribution in [-0.2, 0) is 6.54 Å². The molecule has 3 aromatic heterocycles. The molecule has 0 saturated carbocycles. The number of aromatic nitrogens is 4. The van der Waals surface area contributed by atoms with E-state index in [0.29, 0.717) is 29.4 Å². The molecule has 2 N–H and O–H groups in total. The van der Waals surface area contributed by atoms with Crippen LogP contribution in [0.15, 0.2) is 59.2 Å². The Morgan fingerprint density at radius 2 is 2.07 bits per heavy atom. The van der Waals surface area contributed by atoms with Gasteiger partial charge in [-0.2, -0.15) is 10.2 Å². The number of hydrogen-bond donors (Lipinski definition) is 2. The number of rotatable bonds is 5. The lowest BCUT2D eigenvalue weighted by Crippen LogP contribution is -2.13. The second-order valence-electron chi connectivity index (χ2n) is 6.38. The van der Waals surface area contributed by atoms with Crippen LogP contribution in [0.1, 0.15) is 27.4 Å². The van der Waals surface area contributed by atoms with Gasteiger partial charge in [0.2, 0.25) is 0 Å². The summed E-state index contributed by atoms with van der Waals surface area (Å²) in [4.78, 5) is 12.5. The number of nitrogens with one attached hydrogen (secondary N) is 2. The summed E-state index contributed by atoms with van der Waals surface area (Å²) in [6.07, 6.45) is 1.57. The zero-order valence-electron chi connectivity index (χ0n) is 15.1. The number of hydrogen-bond acceptors (Lipinski definition) is 4. The average Bonchev–Trinajstić information content (AvgIpc) is 3.37. The second kappa shape index (κ2) is 6.95. The van der Waals surface area contributed by atoms with Gasteiger partial charge in [-0.05, 0) is 49.7 Å². The summed E-state index contributed by atoms with van der Waals surface area (Å²) in [6, 6.07) is 15.0. The number of anilines is 1. The van der Waals surface area contributed by atoms with Crippen molar-refractivity contribution in [1.82, 2.24) is 20.0 Å². The summed E-state index contributed by atoms with van der Waals surface area (Å²) in [5.74, 6) is 0.348. The predicted molar refractivity (Wildman–Crippen MR) is 101 cm³/mol. The zero-order valence-corrected chi connectivity index (χ0v) is 15.1. The van der Waals surface area contributed by atoms with Crippen LogP contribution < -0.4 is 5.32 Å². The molecule has 4 rings (SSSR count). The van der Waals surface area contributed by atoms with Crippen molar-refractivity contribution in [1.29, 1.82) is 0 Å². The molecule has 1 aromatic carbocycles. The Hall–Kier alpha value is -3.61. The SMILES string of the molecule is Cc1cc(C)n(Cc2cccc(NC(=O)c3cc(-c4ccco4)[nH]n3)c2)n1. The number of carbonyl (C=O) groups is 1. The lowest BCUT2D eigenvalue weighted by molar-refractivity contribution is 0.102. The summed E-state index contributed by atoms with van der Waals surface area (Å²) in [5.41, 5.74) is 4.81. The number of H-pyrrole nitrogens is 1. The van der Waals surface area contributed by atoms with E-state index >= 15 is 0 Å². The van der Waals surface area contributed by atoms with E-state index in [1.807, 2.05) is 48.9 Å². The van der Waals surface area contributed by atoms with Gasteiger partial charge in [-0.15, -0.1) is 0 Å². The van der Waals surface area contributed by atoms with Crippen LogP contribution in [0.25, 0.3) is 11.5 Å². The van der Waals surface area contributed by atoms with Crippen molar-refractivity contribution in [3.63, 3.8) is 0 Å². The van der Waals surface area contributed by atoms with Gasteiger partial charge in [-0.25, -0.2) is 0 Å². The lowest BCUT2D eigenvalue weighted by Gasteiger charge is -2.08. The quantitative estimate of drug-likeness (QED) is 0.566. The van der Waals surface area contributed by atoms with Gasteiger partial charge < -0.3 is 9.73 Å². The molecule has 0 radical (unpaired) electrons. The first-order valence-corrected chi connectivity index (χ1v) is 8.59. The first kappa shape index (κ1) is 16.8. The molecule has 4 aromatic rings. The van der Waals surface area contributed by atoms with Gasteiger partial charge in [0.05, 0.1) is 18.5 Å². The average molecular weight is 361 g/mol. The number of aryl methyl sites for hydroxylation is 2. The number of amides is 1. The topological polar surface area (TPSA) is 88.7 Å². The Bertz CT molecular complexity index is 1080. The fourth-order valence-corrected chi connectivity index (χ4v) is 2.95. The molecule has 0 bridgehead atoms. The number of nitrogens with zero attached hydrogens (tertiary/aromatic N) is 3. The summed E-state index contributed by atoms with van der Waals surface area (Å²) in [6.45, 7) is 4.65. The first-order valence-electron chi connectivity index (χ1n) is 8.59. The van der Waals surface area contributed by atoms with E-state index in [1.54, 1.807) is 24.5 Å². The summed E-state index contributed by atoms with van der Waals surface area (Å²) in [5, 5.41) is 14.2. The van der Waals surface area contributed by atoms with E-state index < -0.39 is 0 Å². The van der Waals surface area contributed by atoms with Crippen LogP contribution in [0.4, 0.5) is 5.69 Å². The molecule has 0 aliphatic carbocycles. The molecule has 7 heteroatoms. The highest BCUT2D eigenvalue weighted by molar-refractivity contribution is 6.03. The van der Waals surface area contributed by atoms with E-state index in [4.69, 9.17) is 4.42 Å². The number of benzene rings is 1. The van der Waals surface area contributed by atoms with Crippen molar-refractivity contribution in [2.24, 2.45) is 0 Å². The minimum Gasteiger partial charge on any atom is -0.463 e. The Kier molecular flexibility index (Phi) is 4.33. The van der Waals surface area contributed by atoms with Crippen molar-refractivity contribution < 1.29 is 9.21 Å². The van der Waals surface area contributed by atoms with Crippen molar-refractivity contribution in [3.05, 3.63) is 77.4 Å². The van der Waals surface area contributed by atoms with Crippen LogP contribution in [0.3, 0.4) is 0 Å². The van der Waals surface area contributed by atoms with E-state index in [9.17, 15) is 4.79 Å². The Labute approximate surface area is 156 Å². The van der Waals surface area contributed by atoms with E-state index in [0.717, 1.165) is 17.0 Å². The maximum absolute atomic E-state index is 12.5. The molecular formula is C20H19N5O2. The molecule has 0 fully saturated rings. The van der Waals surface area contributed by atoms with Crippen LogP contribution in [0.5, 0.6) is 0 Å². The molecule has 27 heavy (non-hydrogen) atoms. The fraction of sp³-hybridized carbons (Fsp3) is 0.150. The Morgan fingerprint density at radius 3 is 2.81 bits per heavy atom. The first-order chi connectivity index (χ1) is 13.1. The Morgan fingerprint density at radius 1 is 1.19 bits per heavy atom. The third-order valence-corrected chi connectivity index (χ3v) is 4.22. The molecule has 1 amide bonds. The smallest absolute Gasteiger partial charge is 0.276 e. The van der Waals surface area contributed by atoms with Crippen molar-refractivity contribution in [3.8, 4) is 11.5 Å². The number of aromatic amines is 1. The number of furan rings is 1. The molecule has 0 atom stereocenters. The molecule has 0 spiro atoms. The van der Waals surface area contributed by atoms with Crippen molar-refractivity contribution in [2.45, 2.75) is 20.4 Å². The van der Waals surface area contributed by atoms with Crippen molar-refractivity contribution in [2.75, 3.05) is 5.32 Å². The lowest BCUT2D eigenvalue weighted by atomic mass is 10.2. The van der Waals surface area contributed by atoms with Gasteiger partial charge >= 0.3 is 0 Å². The molecule has 0 saturated heterocycles. The van der Waals surface area contributed by atoms with Gasteiger partial charge in [-0.1, -0.05) is 12.1 Å². The van der Waals surface area contributed by atoms with Gasteiger partial charge in [0.25, 0.3) is 5.91 Å². The van der Waals surface area contributed by atoms with Gasteiger partial charge in [0.15, 0.2) is 11.5 Å². The zero-order chi connectivity index (χ0) is 18.8. The fourth-order valence-electron chi connectivity index (χ4n) is 2.95. The normalized spacial score (nSPS) is 10.9. The maximum Gasteiger partial charge on any atom is 0.276 e. The van der Waals surface area contributed by atoms with Gasteiger partial charge in [0, 0.05) is 17.4 Å². The second-order valence-corrected chi connectivity index (χ2v) is 6.38. The third-order valence-electron chi connectivity index (χ3n) is 4.22. The van der Waals surface area contributed by atoms with Gasteiger partial charge in [0.1, 0.15) is 5.69 Å². The molecule has 3 heterocycles. The Balaban J connectivity index is 1.48. The largest absolute Gasteiger partial charge is 0.463 e. The molecule has 0 aliphatic heterocycles. The molecule has 0 aliphatic rings. The monoisotopic (exact) mass is 361 g/mol. The van der Waals surface area contributed by atoms with Crippen LogP contribution >= 0.6 is 0 Å². The molecular weight excluding hydrogens is 342 g/mol. The van der Waals surface area contributed by atoms with Crippen LogP contribution in [0.2, 0.25) is 0 Å². The molecule has 136 valence electrons. The molecule has 0 unspecified atom stereocenters. The molecule has 7 nitrogen and oxygen atoms in total. The summed E-state index contributed by atoms with van der Waals surface area (Å²) < 4.78 is 7.25. The van der Waals surface area contributed by atoms with E-state index in [1.165, 1.54) is 0 Å². The third kappa shape index (κ3) is 3.67. The summed E-state index contributed by atoms with van der Waals surface area (Å²) in [7, 11) is 0. The van der Waals surface area contributed by atoms with E-state index in [-0.39, 0.29) is 5.91 Å². The minimum absolute atomic E-state index is 0.285. The highest BCUT2D eigenvalue weighted by Gasteiger charge is 2.13. The van der Waals surface area contributed by atoms with Gasteiger partial charge in [-0.3, -0.25) is 14.6 Å².